The zero-order valence-electron chi connectivity index (χ0n) is 15.2. The molecule has 0 aromatic heterocycles. The van der Waals surface area contributed by atoms with Crippen molar-refractivity contribution in [3.05, 3.63) is 29.8 Å². The third-order valence-electron chi connectivity index (χ3n) is 4.20. The van der Waals surface area contributed by atoms with Gasteiger partial charge in [0.25, 0.3) is 0 Å². The largest absolute Gasteiger partial charge is 0.466 e. The van der Waals surface area contributed by atoms with E-state index in [1.165, 1.54) is 6.26 Å². The van der Waals surface area contributed by atoms with Crippen molar-refractivity contribution in [1.29, 1.82) is 0 Å². The Morgan fingerprint density at radius 2 is 1.96 bits per heavy atom. The van der Waals surface area contributed by atoms with Crippen LogP contribution < -0.4 is 5.32 Å². The van der Waals surface area contributed by atoms with Crippen molar-refractivity contribution in [2.24, 2.45) is 5.92 Å². The first-order valence-electron chi connectivity index (χ1n) is 8.75. The highest BCUT2D eigenvalue weighted by Crippen LogP contribution is 2.19. The van der Waals surface area contributed by atoms with Gasteiger partial charge in [-0.1, -0.05) is 12.1 Å². The van der Waals surface area contributed by atoms with E-state index in [0.29, 0.717) is 25.4 Å². The number of likely N-dealkylation sites (tertiary alicyclic amines) is 1. The molecule has 0 spiro atoms. The van der Waals surface area contributed by atoms with Gasteiger partial charge in [-0.15, -0.1) is 0 Å². The molecule has 1 aromatic carbocycles. The maximum Gasteiger partial charge on any atom is 0.321 e. The van der Waals surface area contributed by atoms with Gasteiger partial charge in [0.1, 0.15) is 9.84 Å². The van der Waals surface area contributed by atoms with Gasteiger partial charge in [0.05, 0.1) is 18.8 Å². The molecule has 1 aromatic rings. The van der Waals surface area contributed by atoms with E-state index in [-0.39, 0.29) is 30.1 Å². The van der Waals surface area contributed by atoms with Crippen molar-refractivity contribution in [3.8, 4) is 0 Å². The van der Waals surface area contributed by atoms with Crippen LogP contribution in [0.4, 0.5) is 10.5 Å². The summed E-state index contributed by atoms with van der Waals surface area (Å²) in [6.07, 6.45) is 3.04. The molecule has 0 radical (unpaired) electrons. The van der Waals surface area contributed by atoms with Crippen LogP contribution in [0.5, 0.6) is 0 Å². The maximum atomic E-state index is 12.4. The predicted molar refractivity (Wildman–Crippen MR) is 99.8 cm³/mol. The third-order valence-corrected chi connectivity index (χ3v) is 5.28. The first-order chi connectivity index (χ1) is 12.3. The van der Waals surface area contributed by atoms with Crippen LogP contribution in [0.3, 0.4) is 0 Å². The van der Waals surface area contributed by atoms with Crippen molar-refractivity contribution < 1.29 is 22.7 Å². The number of rotatable bonds is 6. The highest BCUT2D eigenvalue weighted by Gasteiger charge is 2.26. The normalized spacial score (nSPS) is 17.6. The zero-order chi connectivity index (χ0) is 19.2. The number of amides is 2. The van der Waals surface area contributed by atoms with Crippen LogP contribution in [0, 0.1) is 5.92 Å². The van der Waals surface area contributed by atoms with E-state index in [1.807, 2.05) is 0 Å². The number of hydrogen-bond acceptors (Lipinski definition) is 5. The molecule has 1 aliphatic heterocycles. The lowest BCUT2D eigenvalue weighted by molar-refractivity contribution is -0.142. The molecule has 7 nitrogen and oxygen atoms in total. The van der Waals surface area contributed by atoms with Gasteiger partial charge in [0.15, 0.2) is 0 Å². The van der Waals surface area contributed by atoms with E-state index < -0.39 is 9.84 Å². The summed E-state index contributed by atoms with van der Waals surface area (Å²) in [6, 6.07) is 6.79. The Morgan fingerprint density at radius 3 is 2.58 bits per heavy atom. The van der Waals surface area contributed by atoms with E-state index >= 15 is 0 Å². The maximum absolute atomic E-state index is 12.4. The van der Waals surface area contributed by atoms with Gasteiger partial charge in [0.2, 0.25) is 0 Å². The topological polar surface area (TPSA) is 92.8 Å². The van der Waals surface area contributed by atoms with E-state index in [9.17, 15) is 18.0 Å². The van der Waals surface area contributed by atoms with E-state index in [2.05, 4.69) is 5.32 Å². The third kappa shape index (κ3) is 6.67. The Bertz CT molecular complexity index is 730. The second kappa shape index (κ2) is 9.02. The second-order valence-electron chi connectivity index (χ2n) is 6.66. The highest BCUT2D eigenvalue weighted by atomic mass is 32.2. The van der Waals surface area contributed by atoms with Gasteiger partial charge < -0.3 is 15.0 Å². The van der Waals surface area contributed by atoms with E-state index in [0.717, 1.165) is 18.4 Å². The number of piperidine rings is 1. The molecule has 0 aliphatic carbocycles. The summed E-state index contributed by atoms with van der Waals surface area (Å²) in [5, 5.41) is 2.82. The Morgan fingerprint density at radius 1 is 1.27 bits per heavy atom. The van der Waals surface area contributed by atoms with Gasteiger partial charge in [-0.05, 0) is 43.4 Å². The summed E-state index contributed by atoms with van der Waals surface area (Å²) in [6.45, 7) is 3.17. The number of carbonyl (C=O) groups is 2. The van der Waals surface area contributed by atoms with Gasteiger partial charge >= 0.3 is 12.0 Å². The molecule has 26 heavy (non-hydrogen) atoms. The van der Waals surface area contributed by atoms with Gasteiger partial charge in [0, 0.05) is 25.0 Å². The monoisotopic (exact) mass is 382 g/mol. The van der Waals surface area contributed by atoms with Crippen molar-refractivity contribution in [3.63, 3.8) is 0 Å². The Balaban J connectivity index is 1.89. The quantitative estimate of drug-likeness (QED) is 0.761. The number of anilines is 1. The fourth-order valence-corrected chi connectivity index (χ4v) is 4.23. The number of carbonyl (C=O) groups excluding carboxylic acids is 2. The molecule has 1 N–H and O–H groups in total. The minimum absolute atomic E-state index is 0.0172. The lowest BCUT2D eigenvalue weighted by Gasteiger charge is -2.32. The smallest absolute Gasteiger partial charge is 0.321 e. The summed E-state index contributed by atoms with van der Waals surface area (Å²) in [5.41, 5.74) is 1.44. The first-order valence-corrected chi connectivity index (χ1v) is 10.8. The molecule has 144 valence electrons. The SMILES string of the molecule is CCOC(=O)Cc1ccc(NC(=O)N2CCC[C@@H](CS(C)(=O)=O)C2)cc1. The second-order valence-corrected chi connectivity index (χ2v) is 8.84. The highest BCUT2D eigenvalue weighted by molar-refractivity contribution is 7.90. The fraction of sp³-hybridized carbons (Fsp3) is 0.556. The van der Waals surface area contributed by atoms with Crippen LogP contribution >= 0.6 is 0 Å². The average molecular weight is 382 g/mol. The minimum atomic E-state index is -3.05. The molecule has 8 heteroatoms. The molecule has 0 unspecified atom stereocenters. The van der Waals surface area contributed by atoms with Crippen LogP contribution in [0.25, 0.3) is 0 Å². The summed E-state index contributed by atoms with van der Waals surface area (Å²) < 4.78 is 27.8. The van der Waals surface area contributed by atoms with Crippen molar-refractivity contribution in [2.75, 3.05) is 37.0 Å². The fourth-order valence-electron chi connectivity index (χ4n) is 3.10. The van der Waals surface area contributed by atoms with Crippen molar-refractivity contribution in [2.45, 2.75) is 26.2 Å². The standard InChI is InChI=1S/C18H26N2O5S/c1-3-25-17(21)11-14-6-8-16(9-7-14)19-18(22)20-10-4-5-15(12-20)13-26(2,23)24/h6-9,15H,3-5,10-13H2,1-2H3,(H,19,22)/t15-/m1/s1. The van der Waals surface area contributed by atoms with Crippen molar-refractivity contribution >= 4 is 27.5 Å². The Kier molecular flexibility index (Phi) is 7.02. The Labute approximate surface area is 154 Å². The van der Waals surface area contributed by atoms with Crippen molar-refractivity contribution in [1.82, 2.24) is 4.90 Å². The molecule has 1 fully saturated rings. The van der Waals surface area contributed by atoms with Gasteiger partial charge in [-0.3, -0.25) is 4.79 Å². The lowest BCUT2D eigenvalue weighted by Crippen LogP contribution is -2.43. The first kappa shape index (κ1) is 20.2. The number of hydrogen-bond donors (Lipinski definition) is 1. The number of nitrogens with one attached hydrogen (secondary N) is 1. The summed E-state index contributed by atoms with van der Waals surface area (Å²) in [4.78, 5) is 25.5. The molecule has 2 rings (SSSR count). The number of nitrogens with zero attached hydrogens (tertiary/aromatic N) is 1. The molecule has 1 atom stereocenters. The molecule has 0 saturated carbocycles. The van der Waals surface area contributed by atoms with Crippen LogP contribution in [0.1, 0.15) is 25.3 Å². The van der Waals surface area contributed by atoms with Crippen LogP contribution in [-0.4, -0.2) is 57.0 Å². The van der Waals surface area contributed by atoms with Gasteiger partial charge in [-0.25, -0.2) is 13.2 Å². The predicted octanol–water partition coefficient (Wildman–Crippen LogP) is 2.08. The number of esters is 1. The molecular weight excluding hydrogens is 356 g/mol. The van der Waals surface area contributed by atoms with Crippen LogP contribution in [0.15, 0.2) is 24.3 Å². The Hall–Kier alpha value is -2.09. The number of sulfone groups is 1. The summed E-state index contributed by atoms with van der Waals surface area (Å²) in [5.74, 6) is -0.190. The number of ether oxygens (including phenoxy) is 1. The molecule has 1 heterocycles. The summed E-state index contributed by atoms with van der Waals surface area (Å²) in [7, 11) is -3.05. The number of benzene rings is 1. The average Bonchev–Trinajstić information content (AvgIpc) is 2.55. The molecule has 0 bridgehead atoms. The van der Waals surface area contributed by atoms with E-state index in [4.69, 9.17) is 4.74 Å². The van der Waals surface area contributed by atoms with Crippen LogP contribution in [0.2, 0.25) is 0 Å². The molecule has 1 aliphatic rings. The van der Waals surface area contributed by atoms with E-state index in [1.54, 1.807) is 36.1 Å². The molecule has 1 saturated heterocycles. The molecule has 2 amide bonds. The number of urea groups is 1. The van der Waals surface area contributed by atoms with Crippen LogP contribution in [-0.2, 0) is 25.8 Å². The minimum Gasteiger partial charge on any atom is -0.466 e. The molecular formula is C18H26N2O5S. The van der Waals surface area contributed by atoms with Gasteiger partial charge in [-0.2, -0.15) is 0 Å². The zero-order valence-corrected chi connectivity index (χ0v) is 16.0. The lowest BCUT2D eigenvalue weighted by atomic mass is 10.0. The summed E-state index contributed by atoms with van der Waals surface area (Å²) >= 11 is 0.